The molecular formula is C21H32O11. The first-order valence-electron chi connectivity index (χ1n) is 11.4. The molecule has 0 aromatic rings. The molecule has 5 aliphatic heterocycles. The molecular weight excluding hydrogens is 428 g/mol. The van der Waals surface area contributed by atoms with Gasteiger partial charge in [0.15, 0.2) is 30.6 Å². The van der Waals surface area contributed by atoms with E-state index in [0.717, 1.165) is 19.3 Å². The van der Waals surface area contributed by atoms with Gasteiger partial charge in [0.2, 0.25) is 5.79 Å². The molecule has 0 aromatic carbocycles. The molecule has 4 N–H and O–H groups in total. The minimum absolute atomic E-state index is 0.0402. The van der Waals surface area contributed by atoms with Crippen molar-refractivity contribution in [2.75, 3.05) is 0 Å². The van der Waals surface area contributed by atoms with Crippen molar-refractivity contribution in [3.8, 4) is 0 Å². The number of ether oxygens (including phenoxy) is 4. The van der Waals surface area contributed by atoms with Gasteiger partial charge in [-0.1, -0.05) is 13.8 Å². The highest BCUT2D eigenvalue weighted by atomic mass is 17.3. The van der Waals surface area contributed by atoms with Gasteiger partial charge in [-0.15, -0.1) is 0 Å². The van der Waals surface area contributed by atoms with Crippen LogP contribution in [0.25, 0.3) is 0 Å². The van der Waals surface area contributed by atoms with Crippen LogP contribution in [-0.4, -0.2) is 81.1 Å². The Morgan fingerprint density at radius 1 is 0.938 bits per heavy atom. The van der Waals surface area contributed by atoms with E-state index in [1.165, 1.54) is 0 Å². The summed E-state index contributed by atoms with van der Waals surface area (Å²) in [6.45, 7) is 5.94. The van der Waals surface area contributed by atoms with E-state index in [1.807, 2.05) is 6.92 Å². The maximum atomic E-state index is 11.4. The topological polar surface area (TPSA) is 153 Å². The summed E-state index contributed by atoms with van der Waals surface area (Å²) in [5.74, 6) is -2.14. The van der Waals surface area contributed by atoms with Gasteiger partial charge in [-0.3, -0.25) is 0 Å². The zero-order valence-corrected chi connectivity index (χ0v) is 18.3. The van der Waals surface area contributed by atoms with E-state index in [4.69, 9.17) is 28.7 Å². The number of carboxylic acid groups (broad SMARTS) is 1. The van der Waals surface area contributed by atoms with Crippen LogP contribution >= 0.6 is 0 Å². The summed E-state index contributed by atoms with van der Waals surface area (Å²) in [6.07, 6.45) is -6.80. The Morgan fingerprint density at radius 3 is 2.41 bits per heavy atom. The molecule has 0 aromatic heterocycles. The van der Waals surface area contributed by atoms with Gasteiger partial charge in [0.1, 0.15) is 18.3 Å². The van der Waals surface area contributed by atoms with Crippen LogP contribution < -0.4 is 0 Å². The third-order valence-corrected chi connectivity index (χ3v) is 8.18. The van der Waals surface area contributed by atoms with E-state index in [2.05, 4.69) is 6.92 Å². The van der Waals surface area contributed by atoms with E-state index >= 15 is 0 Å². The standard InChI is InChI=1S/C21H32O11/c1-8-4-5-11-9(2)17(28-18-14(24)12(22)13(23)15(27-18)16(25)26)29-19-21(11)10(8)6-7-20(3,30-19)31-32-21/h8-15,17-19,22-24H,4-7H2,1-3H3,(H,25,26)/t8-,9-,10+,11+,12+,13+,14-,15+,17-,18+,19-,20+,21-/m1/s1. The Kier molecular flexibility index (Phi) is 5.59. The quantitative estimate of drug-likeness (QED) is 0.424. The molecule has 6 aliphatic rings. The molecule has 1 aliphatic carbocycles. The number of carboxylic acids is 1. The second-order valence-corrected chi connectivity index (χ2v) is 10.1. The van der Waals surface area contributed by atoms with Crippen LogP contribution in [0.4, 0.5) is 0 Å². The maximum Gasteiger partial charge on any atom is 0.335 e. The van der Waals surface area contributed by atoms with Crippen molar-refractivity contribution in [1.82, 2.24) is 0 Å². The fourth-order valence-corrected chi connectivity index (χ4v) is 6.32. The number of fused-ring (bicyclic) bond motifs is 2. The number of carbonyl (C=O) groups is 1. The van der Waals surface area contributed by atoms with Gasteiger partial charge in [0, 0.05) is 18.3 Å². The summed E-state index contributed by atoms with van der Waals surface area (Å²) >= 11 is 0. The van der Waals surface area contributed by atoms with Crippen molar-refractivity contribution in [2.24, 2.45) is 23.7 Å². The predicted octanol–water partition coefficient (Wildman–Crippen LogP) is 0.103. The predicted molar refractivity (Wildman–Crippen MR) is 102 cm³/mol. The van der Waals surface area contributed by atoms with Gasteiger partial charge >= 0.3 is 5.97 Å². The summed E-state index contributed by atoms with van der Waals surface area (Å²) in [4.78, 5) is 23.2. The highest BCUT2D eigenvalue weighted by Gasteiger charge is 2.69. The van der Waals surface area contributed by atoms with Crippen molar-refractivity contribution in [3.05, 3.63) is 0 Å². The van der Waals surface area contributed by atoms with Crippen LogP contribution in [0.5, 0.6) is 0 Å². The molecule has 6 fully saturated rings. The first-order valence-corrected chi connectivity index (χ1v) is 11.4. The zero-order valence-electron chi connectivity index (χ0n) is 18.3. The molecule has 2 bridgehead atoms. The lowest BCUT2D eigenvalue weighted by atomic mass is 9.58. The molecule has 0 unspecified atom stereocenters. The Balaban J connectivity index is 1.41. The molecule has 1 spiro atoms. The van der Waals surface area contributed by atoms with Crippen molar-refractivity contribution in [3.63, 3.8) is 0 Å². The van der Waals surface area contributed by atoms with Crippen LogP contribution in [0.15, 0.2) is 0 Å². The fourth-order valence-electron chi connectivity index (χ4n) is 6.32. The zero-order chi connectivity index (χ0) is 23.0. The Hall–Kier alpha value is -0.890. The second kappa shape index (κ2) is 7.82. The van der Waals surface area contributed by atoms with Crippen LogP contribution in [0.3, 0.4) is 0 Å². The average Bonchev–Trinajstić information content (AvgIpc) is 2.97. The van der Waals surface area contributed by atoms with Crippen molar-refractivity contribution in [1.29, 1.82) is 0 Å². The Bertz CT molecular complexity index is 749. The normalized spacial score (nSPS) is 57.5. The molecule has 5 heterocycles. The molecule has 6 rings (SSSR count). The van der Waals surface area contributed by atoms with Gasteiger partial charge < -0.3 is 39.4 Å². The highest BCUT2D eigenvalue weighted by molar-refractivity contribution is 5.73. The number of hydrogen-bond acceptors (Lipinski definition) is 10. The van der Waals surface area contributed by atoms with E-state index in [9.17, 15) is 25.2 Å². The largest absolute Gasteiger partial charge is 0.479 e. The van der Waals surface area contributed by atoms with Crippen LogP contribution in [0.2, 0.25) is 0 Å². The second-order valence-electron chi connectivity index (χ2n) is 10.1. The van der Waals surface area contributed by atoms with Gasteiger partial charge in [0.05, 0.1) is 0 Å². The first kappa shape index (κ1) is 22.9. The van der Waals surface area contributed by atoms with Gasteiger partial charge in [-0.05, 0) is 38.0 Å². The van der Waals surface area contributed by atoms with E-state index in [-0.39, 0.29) is 17.8 Å². The SMILES string of the molecule is C[C@H]1[C@H](O[C@@H]2O[C@H](C(=O)O)[C@@H](O)[C@H](O)[C@H]2O)O[C@@H]2O[C@]3(C)CC[C@H]4[C@H](C)CC[C@@H]1[C@@]24OO3. The maximum absolute atomic E-state index is 11.4. The molecule has 182 valence electrons. The summed E-state index contributed by atoms with van der Waals surface area (Å²) in [5.41, 5.74) is -0.793. The molecule has 0 radical (unpaired) electrons. The minimum atomic E-state index is -1.79. The summed E-state index contributed by atoms with van der Waals surface area (Å²) in [7, 11) is 0. The van der Waals surface area contributed by atoms with Crippen molar-refractivity contribution < 1.29 is 53.9 Å². The monoisotopic (exact) mass is 460 g/mol. The van der Waals surface area contributed by atoms with Crippen LogP contribution in [-0.2, 0) is 33.5 Å². The lowest BCUT2D eigenvalue weighted by Gasteiger charge is -2.60. The number of aliphatic hydroxyl groups excluding tert-OH is 3. The summed E-state index contributed by atoms with van der Waals surface area (Å²) < 4.78 is 23.7. The van der Waals surface area contributed by atoms with Gasteiger partial charge in [0.25, 0.3) is 0 Å². The molecule has 5 saturated heterocycles. The summed E-state index contributed by atoms with van der Waals surface area (Å²) in [5, 5.41) is 39.7. The van der Waals surface area contributed by atoms with Gasteiger partial charge in [-0.25, -0.2) is 14.6 Å². The molecule has 11 heteroatoms. The first-order chi connectivity index (χ1) is 15.1. The lowest BCUT2D eigenvalue weighted by Crippen LogP contribution is -2.71. The Morgan fingerprint density at radius 2 is 1.69 bits per heavy atom. The van der Waals surface area contributed by atoms with Crippen LogP contribution in [0.1, 0.15) is 46.5 Å². The fraction of sp³-hybridized carbons (Fsp3) is 0.952. The molecule has 0 amide bonds. The molecule has 13 atom stereocenters. The number of aliphatic hydroxyl groups is 3. The third kappa shape index (κ3) is 3.25. The molecule has 11 nitrogen and oxygen atoms in total. The smallest absolute Gasteiger partial charge is 0.335 e. The van der Waals surface area contributed by atoms with Crippen molar-refractivity contribution in [2.45, 2.75) is 101 Å². The lowest BCUT2D eigenvalue weighted by molar-refractivity contribution is -0.579. The molecule has 1 saturated carbocycles. The number of rotatable bonds is 3. The van der Waals surface area contributed by atoms with Crippen LogP contribution in [0, 0.1) is 23.7 Å². The number of aliphatic carboxylic acids is 1. The minimum Gasteiger partial charge on any atom is -0.479 e. The highest BCUT2D eigenvalue weighted by Crippen LogP contribution is 2.60. The van der Waals surface area contributed by atoms with E-state index in [0.29, 0.717) is 12.3 Å². The third-order valence-electron chi connectivity index (χ3n) is 8.18. The van der Waals surface area contributed by atoms with E-state index < -0.39 is 60.6 Å². The molecule has 32 heavy (non-hydrogen) atoms. The average molecular weight is 460 g/mol. The van der Waals surface area contributed by atoms with E-state index in [1.54, 1.807) is 6.92 Å². The van der Waals surface area contributed by atoms with Crippen molar-refractivity contribution >= 4 is 5.97 Å². The number of hydrogen-bond donors (Lipinski definition) is 4. The van der Waals surface area contributed by atoms with Gasteiger partial charge in [-0.2, -0.15) is 0 Å². The Labute approximate surface area is 185 Å². The summed E-state index contributed by atoms with van der Waals surface area (Å²) in [6, 6.07) is 0.